The topological polar surface area (TPSA) is 67.1 Å². The second-order valence-electron chi connectivity index (χ2n) is 6.95. The van der Waals surface area contributed by atoms with Gasteiger partial charge in [0.15, 0.2) is 24.0 Å². The Morgan fingerprint density at radius 1 is 0.857 bits per heavy atom. The molecule has 1 N–H and O–H groups in total. The zero-order valence-electron chi connectivity index (χ0n) is 15.6. The Kier molecular flexibility index (Phi) is 4.35. The third-order valence-electron chi connectivity index (χ3n) is 5.04. The monoisotopic (exact) mass is 371 g/mol. The molecule has 1 aromatic heterocycles. The lowest BCUT2D eigenvalue weighted by Gasteiger charge is -2.18. The van der Waals surface area contributed by atoms with E-state index < -0.39 is 6.04 Å². The minimum atomic E-state index is -0.422. The Balaban J connectivity index is 1.61. The fraction of sp³-hybridized carbons (Fsp3) is 0.130. The minimum absolute atomic E-state index is 0.174. The van der Waals surface area contributed by atoms with Crippen molar-refractivity contribution in [3.8, 4) is 0 Å². The minimum Gasteiger partial charge on any atom is -0.320 e. The molecule has 1 atom stereocenters. The number of carbonyl (C=O) groups is 3. The number of rotatable bonds is 3. The number of pyridine rings is 1. The summed E-state index contributed by atoms with van der Waals surface area (Å²) in [6.45, 7) is 3.78. The van der Waals surface area contributed by atoms with E-state index in [0.717, 1.165) is 5.56 Å². The van der Waals surface area contributed by atoms with Crippen LogP contribution in [-0.2, 0) is 4.79 Å². The number of anilines is 1. The van der Waals surface area contributed by atoms with E-state index in [4.69, 9.17) is 0 Å². The normalized spacial score (nSPS) is 13.5. The Morgan fingerprint density at radius 2 is 1.43 bits per heavy atom. The Hall–Kier alpha value is -3.60. The van der Waals surface area contributed by atoms with Crippen LogP contribution >= 0.6 is 0 Å². The van der Waals surface area contributed by atoms with Crippen LogP contribution < -0.4 is 9.88 Å². The van der Waals surface area contributed by atoms with Crippen LogP contribution in [0, 0.1) is 6.92 Å². The number of nitrogens with one attached hydrogen (secondary N) is 1. The van der Waals surface area contributed by atoms with Gasteiger partial charge in [0.05, 0.1) is 0 Å². The molecule has 0 bridgehead atoms. The fourth-order valence-corrected chi connectivity index (χ4v) is 3.33. The van der Waals surface area contributed by atoms with Crippen molar-refractivity contribution in [2.24, 2.45) is 0 Å². The number of hydrogen-bond donors (Lipinski definition) is 1. The summed E-state index contributed by atoms with van der Waals surface area (Å²) in [7, 11) is 0. The van der Waals surface area contributed by atoms with Crippen molar-refractivity contribution in [2.45, 2.75) is 19.9 Å². The summed E-state index contributed by atoms with van der Waals surface area (Å²) in [5.74, 6) is -0.585. The molecular weight excluding hydrogens is 352 g/mol. The maximum Gasteiger partial charge on any atom is 0.293 e. The highest BCUT2D eigenvalue weighted by Crippen LogP contribution is 2.29. The standard InChI is InChI=1S/C23H18N2O3/c1-14-9-11-25(12-10-14)15(2)23(28)24-16-7-8-19-20(13-16)22(27)18-6-4-3-5-17(18)21(19)26/h3-13,15H,1-2H3/p+1/t15-/m1/s1. The highest BCUT2D eigenvalue weighted by Gasteiger charge is 2.30. The van der Waals surface area contributed by atoms with Crippen LogP contribution in [0.15, 0.2) is 67.0 Å². The van der Waals surface area contributed by atoms with E-state index in [-0.39, 0.29) is 17.5 Å². The lowest BCUT2D eigenvalue weighted by Crippen LogP contribution is -2.44. The maximum absolute atomic E-state index is 12.8. The lowest BCUT2D eigenvalue weighted by atomic mass is 9.84. The molecule has 3 aromatic rings. The van der Waals surface area contributed by atoms with Gasteiger partial charge in [-0.1, -0.05) is 24.3 Å². The molecular formula is C23H19N2O3+. The molecule has 1 heterocycles. The maximum atomic E-state index is 12.8. The number of aryl methyl sites for hydroxylation is 1. The van der Waals surface area contributed by atoms with Gasteiger partial charge in [0.25, 0.3) is 5.91 Å². The molecule has 1 amide bonds. The van der Waals surface area contributed by atoms with E-state index >= 15 is 0 Å². The molecule has 0 aliphatic heterocycles. The highest BCUT2D eigenvalue weighted by atomic mass is 16.2. The van der Waals surface area contributed by atoms with Crippen LogP contribution in [-0.4, -0.2) is 17.5 Å². The highest BCUT2D eigenvalue weighted by molar-refractivity contribution is 6.28. The molecule has 1 aliphatic carbocycles. The van der Waals surface area contributed by atoms with Crippen LogP contribution in [0.25, 0.3) is 0 Å². The number of nitrogens with zero attached hydrogens (tertiary/aromatic N) is 1. The van der Waals surface area contributed by atoms with Crippen molar-refractivity contribution in [2.75, 3.05) is 5.32 Å². The van der Waals surface area contributed by atoms with Crippen LogP contribution in [0.5, 0.6) is 0 Å². The summed E-state index contributed by atoms with van der Waals surface area (Å²) < 4.78 is 1.81. The van der Waals surface area contributed by atoms with E-state index in [9.17, 15) is 14.4 Å². The van der Waals surface area contributed by atoms with E-state index in [1.165, 1.54) is 0 Å². The number of benzene rings is 2. The van der Waals surface area contributed by atoms with Crippen molar-refractivity contribution in [1.29, 1.82) is 0 Å². The molecule has 2 aromatic carbocycles. The predicted molar refractivity (Wildman–Crippen MR) is 104 cm³/mol. The fourth-order valence-electron chi connectivity index (χ4n) is 3.33. The molecule has 0 fully saturated rings. The largest absolute Gasteiger partial charge is 0.320 e. The van der Waals surface area contributed by atoms with E-state index in [1.807, 2.05) is 36.0 Å². The molecule has 4 rings (SSSR count). The number of fused-ring (bicyclic) bond motifs is 2. The van der Waals surface area contributed by atoms with Gasteiger partial charge in [-0.05, 0) is 30.7 Å². The summed E-state index contributed by atoms with van der Waals surface area (Å²) in [4.78, 5) is 38.1. The van der Waals surface area contributed by atoms with Crippen molar-refractivity contribution >= 4 is 23.2 Å². The van der Waals surface area contributed by atoms with Gasteiger partial charge in [0.1, 0.15) is 0 Å². The van der Waals surface area contributed by atoms with Crippen LogP contribution in [0.4, 0.5) is 5.69 Å². The lowest BCUT2D eigenvalue weighted by molar-refractivity contribution is -0.705. The van der Waals surface area contributed by atoms with Gasteiger partial charge >= 0.3 is 0 Å². The van der Waals surface area contributed by atoms with Crippen LogP contribution in [0.2, 0.25) is 0 Å². The molecule has 28 heavy (non-hydrogen) atoms. The summed E-state index contributed by atoms with van der Waals surface area (Å²) in [6.07, 6.45) is 3.71. The first kappa shape index (κ1) is 17.8. The van der Waals surface area contributed by atoms with Crippen molar-refractivity contribution in [3.05, 3.63) is 94.8 Å². The zero-order chi connectivity index (χ0) is 19.8. The second-order valence-corrected chi connectivity index (χ2v) is 6.95. The van der Waals surface area contributed by atoms with Gasteiger partial charge in [-0.15, -0.1) is 0 Å². The van der Waals surface area contributed by atoms with Crippen LogP contribution in [0.3, 0.4) is 0 Å². The Labute approximate surface area is 162 Å². The number of aromatic nitrogens is 1. The van der Waals surface area contributed by atoms with Gasteiger partial charge in [0, 0.05) is 47.0 Å². The molecule has 0 unspecified atom stereocenters. The third kappa shape index (κ3) is 3.01. The SMILES string of the molecule is Cc1cc[n+]([C@H](C)C(=O)Nc2ccc3c(c2)C(=O)c2ccccc2C3=O)cc1. The average molecular weight is 371 g/mol. The van der Waals surface area contributed by atoms with Gasteiger partial charge in [-0.25, -0.2) is 0 Å². The summed E-state index contributed by atoms with van der Waals surface area (Å²) in [5, 5.41) is 2.84. The number of amides is 1. The number of hydrogen-bond acceptors (Lipinski definition) is 3. The van der Waals surface area contributed by atoms with Crippen molar-refractivity contribution in [1.82, 2.24) is 0 Å². The summed E-state index contributed by atoms with van der Waals surface area (Å²) >= 11 is 0. The zero-order valence-corrected chi connectivity index (χ0v) is 15.6. The first-order valence-electron chi connectivity index (χ1n) is 9.06. The molecule has 0 saturated heterocycles. The second kappa shape index (κ2) is 6.85. The van der Waals surface area contributed by atoms with Gasteiger partial charge in [-0.2, -0.15) is 4.57 Å². The van der Waals surface area contributed by atoms with Gasteiger partial charge in [-0.3, -0.25) is 14.4 Å². The number of ketones is 2. The van der Waals surface area contributed by atoms with E-state index in [0.29, 0.717) is 27.9 Å². The third-order valence-corrected chi connectivity index (χ3v) is 5.04. The molecule has 0 spiro atoms. The molecule has 0 radical (unpaired) electrons. The quantitative estimate of drug-likeness (QED) is 0.562. The number of carbonyl (C=O) groups excluding carboxylic acids is 3. The summed E-state index contributed by atoms with van der Waals surface area (Å²) in [6, 6.07) is 15.1. The van der Waals surface area contributed by atoms with Gasteiger partial charge < -0.3 is 5.32 Å². The molecule has 138 valence electrons. The first-order chi connectivity index (χ1) is 13.5. The van der Waals surface area contributed by atoms with Crippen LogP contribution in [0.1, 0.15) is 50.4 Å². The predicted octanol–water partition coefficient (Wildman–Crippen LogP) is 3.26. The van der Waals surface area contributed by atoms with Crippen molar-refractivity contribution < 1.29 is 19.0 Å². The molecule has 5 nitrogen and oxygen atoms in total. The molecule has 5 heteroatoms. The molecule has 1 aliphatic rings. The molecule has 0 saturated carbocycles. The van der Waals surface area contributed by atoms with E-state index in [1.54, 1.807) is 49.4 Å². The van der Waals surface area contributed by atoms with Crippen molar-refractivity contribution in [3.63, 3.8) is 0 Å². The smallest absolute Gasteiger partial charge is 0.293 e. The summed E-state index contributed by atoms with van der Waals surface area (Å²) in [5.41, 5.74) is 3.10. The average Bonchev–Trinajstić information content (AvgIpc) is 2.72. The first-order valence-corrected chi connectivity index (χ1v) is 9.06. The van der Waals surface area contributed by atoms with Gasteiger partial charge in [0.2, 0.25) is 6.04 Å². The Morgan fingerprint density at radius 3 is 2.07 bits per heavy atom. The van der Waals surface area contributed by atoms with E-state index in [2.05, 4.69) is 5.32 Å². The Bertz CT molecular complexity index is 1120.